The summed E-state index contributed by atoms with van der Waals surface area (Å²) in [5.41, 5.74) is 3.40. The number of fused-ring (bicyclic) bond motifs is 3. The monoisotopic (exact) mass is 460 g/mol. The number of alkyl halides is 3. The van der Waals surface area contributed by atoms with E-state index < -0.39 is 12.6 Å². The molecule has 32 heavy (non-hydrogen) atoms. The third kappa shape index (κ3) is 3.82. The number of oxime groups is 1. The van der Waals surface area contributed by atoms with Gasteiger partial charge in [0, 0.05) is 11.4 Å². The Bertz CT molecular complexity index is 1160. The number of hydrogen-bond donors (Lipinski definition) is 1. The highest BCUT2D eigenvalue weighted by Crippen LogP contribution is 2.49. The van der Waals surface area contributed by atoms with Gasteiger partial charge in [-0.2, -0.15) is 0 Å². The molecule has 9 heteroatoms. The molecule has 1 N–H and O–H groups in total. The summed E-state index contributed by atoms with van der Waals surface area (Å²) in [6.45, 7) is 2.19. The third-order valence-corrected chi connectivity index (χ3v) is 6.63. The van der Waals surface area contributed by atoms with Crippen LogP contribution in [0.4, 0.5) is 13.2 Å². The number of halogens is 3. The van der Waals surface area contributed by atoms with Gasteiger partial charge in [-0.15, -0.1) is 24.5 Å². The van der Waals surface area contributed by atoms with Gasteiger partial charge in [-0.1, -0.05) is 29.4 Å². The number of hydrogen-bond acceptors (Lipinski definition) is 6. The summed E-state index contributed by atoms with van der Waals surface area (Å²) >= 11 is 1.57. The van der Waals surface area contributed by atoms with Crippen molar-refractivity contribution in [3.05, 3.63) is 81.5 Å². The molecule has 0 saturated heterocycles. The van der Waals surface area contributed by atoms with Gasteiger partial charge in [0.15, 0.2) is 6.23 Å². The average Bonchev–Trinajstić information content (AvgIpc) is 3.37. The van der Waals surface area contributed by atoms with Crippen LogP contribution >= 0.6 is 11.3 Å². The Hall–Kier alpha value is -3.04. The van der Waals surface area contributed by atoms with Crippen LogP contribution < -0.4 is 4.74 Å². The fraction of sp³-hybridized carbons (Fsp3) is 0.261. The molecule has 0 fully saturated rings. The van der Waals surface area contributed by atoms with E-state index in [0.29, 0.717) is 12.1 Å². The summed E-state index contributed by atoms with van der Waals surface area (Å²) in [5.74, 6) is -0.261. The highest BCUT2D eigenvalue weighted by molar-refractivity contribution is 7.10. The van der Waals surface area contributed by atoms with Crippen molar-refractivity contribution < 1.29 is 27.9 Å². The number of thiophene rings is 1. The fourth-order valence-corrected chi connectivity index (χ4v) is 5.36. The molecule has 5 rings (SSSR count). The van der Waals surface area contributed by atoms with E-state index in [1.54, 1.807) is 29.5 Å². The molecule has 0 aliphatic carbocycles. The molecule has 3 atom stereocenters. The van der Waals surface area contributed by atoms with Crippen molar-refractivity contribution in [3.8, 4) is 11.5 Å². The molecule has 0 radical (unpaired) electrons. The maximum atomic E-state index is 12.7. The first-order valence-electron chi connectivity index (χ1n) is 9.97. The molecule has 3 aromatic rings. The van der Waals surface area contributed by atoms with Gasteiger partial charge in [0.1, 0.15) is 11.5 Å². The molecule has 0 unspecified atom stereocenters. The molecule has 0 amide bonds. The number of phenols is 1. The summed E-state index contributed by atoms with van der Waals surface area (Å²) in [6, 6.07) is 14.9. The van der Waals surface area contributed by atoms with Gasteiger partial charge in [0.05, 0.1) is 17.7 Å². The lowest BCUT2D eigenvalue weighted by Crippen LogP contribution is -2.46. The van der Waals surface area contributed by atoms with Crippen molar-refractivity contribution >= 4 is 17.0 Å². The molecule has 5 nitrogen and oxygen atoms in total. The molecule has 0 saturated carbocycles. The quantitative estimate of drug-likeness (QED) is 0.537. The van der Waals surface area contributed by atoms with E-state index in [1.807, 2.05) is 30.5 Å². The van der Waals surface area contributed by atoms with Crippen molar-refractivity contribution in [1.29, 1.82) is 0 Å². The van der Waals surface area contributed by atoms with Crippen molar-refractivity contribution in [1.82, 2.24) is 4.90 Å². The maximum absolute atomic E-state index is 12.7. The normalized spacial score (nSPS) is 22.6. The molecule has 2 aromatic carbocycles. The molecular formula is C23H19F3N2O3S. The second kappa shape index (κ2) is 7.83. The van der Waals surface area contributed by atoms with Crippen LogP contribution in [-0.2, 0) is 11.4 Å². The van der Waals surface area contributed by atoms with E-state index in [1.165, 1.54) is 18.2 Å². The summed E-state index contributed by atoms with van der Waals surface area (Å²) in [6.07, 6.45) is -5.18. The highest BCUT2D eigenvalue weighted by Gasteiger charge is 2.47. The largest absolute Gasteiger partial charge is 0.573 e. The summed E-state index contributed by atoms with van der Waals surface area (Å²) < 4.78 is 42.2. The van der Waals surface area contributed by atoms with Crippen molar-refractivity contribution in [2.45, 2.75) is 38.0 Å². The van der Waals surface area contributed by atoms with Gasteiger partial charge in [-0.3, -0.25) is 0 Å². The number of rotatable bonds is 4. The predicted molar refractivity (Wildman–Crippen MR) is 114 cm³/mol. The number of phenolic OH excluding ortho intramolecular Hbond substituents is 1. The molecule has 3 heterocycles. The van der Waals surface area contributed by atoms with Gasteiger partial charge in [-0.05, 0) is 59.3 Å². The van der Waals surface area contributed by atoms with Crippen molar-refractivity contribution in [2.24, 2.45) is 5.16 Å². The van der Waals surface area contributed by atoms with Crippen LogP contribution in [0, 0.1) is 0 Å². The van der Waals surface area contributed by atoms with E-state index in [9.17, 15) is 18.3 Å². The minimum absolute atomic E-state index is 0.142. The summed E-state index contributed by atoms with van der Waals surface area (Å²) in [5, 5.41) is 16.4. The van der Waals surface area contributed by atoms with E-state index >= 15 is 0 Å². The highest BCUT2D eigenvalue weighted by atomic mass is 32.1. The second-order valence-electron chi connectivity index (χ2n) is 7.81. The van der Waals surface area contributed by atoms with Gasteiger partial charge in [0.25, 0.3) is 0 Å². The van der Waals surface area contributed by atoms with Crippen molar-refractivity contribution in [2.75, 3.05) is 0 Å². The zero-order valence-corrected chi connectivity index (χ0v) is 17.7. The zero-order valence-electron chi connectivity index (χ0n) is 16.9. The van der Waals surface area contributed by atoms with E-state index in [-0.39, 0.29) is 23.5 Å². The third-order valence-electron chi connectivity index (χ3n) is 5.71. The Morgan fingerprint density at radius 2 is 1.97 bits per heavy atom. The van der Waals surface area contributed by atoms with Gasteiger partial charge >= 0.3 is 6.36 Å². The Morgan fingerprint density at radius 3 is 2.72 bits per heavy atom. The Labute approximate surface area is 186 Å². The SMILES string of the molecule is CC1=NO[C@@H]2[C@H]1c1ccc(O)cc1[C@@H](c1cccs1)N2Cc1cccc(OC(F)(F)F)c1. The molecule has 0 bridgehead atoms. The average molecular weight is 460 g/mol. The number of aromatic hydroxyl groups is 1. The first kappa shape index (κ1) is 20.8. The van der Waals surface area contributed by atoms with Crippen LogP contribution in [0.25, 0.3) is 0 Å². The van der Waals surface area contributed by atoms with Crippen LogP contribution in [0.3, 0.4) is 0 Å². The second-order valence-corrected chi connectivity index (χ2v) is 8.78. The maximum Gasteiger partial charge on any atom is 0.573 e. The van der Waals surface area contributed by atoms with Crippen LogP contribution in [0.15, 0.2) is 65.1 Å². The lowest BCUT2D eigenvalue weighted by Gasteiger charge is -2.42. The topological polar surface area (TPSA) is 54.3 Å². The first-order chi connectivity index (χ1) is 15.3. The molecule has 2 aliphatic heterocycles. The van der Waals surface area contributed by atoms with Crippen LogP contribution in [0.2, 0.25) is 0 Å². The zero-order chi connectivity index (χ0) is 22.5. The van der Waals surface area contributed by atoms with E-state index in [4.69, 9.17) is 4.84 Å². The summed E-state index contributed by atoms with van der Waals surface area (Å²) in [4.78, 5) is 8.93. The van der Waals surface area contributed by atoms with Crippen molar-refractivity contribution in [3.63, 3.8) is 0 Å². The lowest BCUT2D eigenvalue weighted by molar-refractivity contribution is -0.274. The standard InChI is InChI=1S/C23H19F3N2O3S/c1-13-20-17-8-7-15(29)11-18(17)21(19-6-3-9-32-19)28(22(20)31-27-13)12-14-4-2-5-16(10-14)30-23(24,25)26/h2-11,20-22,29H,12H2,1H3/t20-,21+,22-/m1/s1. The van der Waals surface area contributed by atoms with Gasteiger partial charge in [-0.25, -0.2) is 4.90 Å². The van der Waals surface area contributed by atoms with Crippen LogP contribution in [0.5, 0.6) is 11.5 Å². The Morgan fingerprint density at radius 1 is 1.12 bits per heavy atom. The molecular weight excluding hydrogens is 441 g/mol. The number of ether oxygens (including phenoxy) is 1. The molecule has 1 aromatic heterocycles. The molecule has 166 valence electrons. The predicted octanol–water partition coefficient (Wildman–Crippen LogP) is 5.77. The minimum atomic E-state index is -4.76. The van der Waals surface area contributed by atoms with E-state index in [0.717, 1.165) is 21.7 Å². The molecule has 2 aliphatic rings. The number of benzene rings is 2. The van der Waals surface area contributed by atoms with Crippen LogP contribution in [0.1, 0.15) is 40.5 Å². The first-order valence-corrected chi connectivity index (χ1v) is 10.8. The fourth-order valence-electron chi connectivity index (χ4n) is 4.50. The minimum Gasteiger partial charge on any atom is -0.508 e. The Balaban J connectivity index is 1.58. The smallest absolute Gasteiger partial charge is 0.508 e. The lowest BCUT2D eigenvalue weighted by atomic mass is 9.81. The summed E-state index contributed by atoms with van der Waals surface area (Å²) in [7, 11) is 0. The van der Waals surface area contributed by atoms with Gasteiger partial charge < -0.3 is 14.7 Å². The number of nitrogens with zero attached hydrogens (tertiary/aromatic N) is 2. The van der Waals surface area contributed by atoms with E-state index in [2.05, 4.69) is 14.8 Å². The van der Waals surface area contributed by atoms with Crippen LogP contribution in [-0.4, -0.2) is 28.3 Å². The van der Waals surface area contributed by atoms with Gasteiger partial charge in [0.2, 0.25) is 0 Å². The Kier molecular flexibility index (Phi) is 5.10. The molecule has 0 spiro atoms.